The van der Waals surface area contributed by atoms with Gasteiger partial charge in [-0.2, -0.15) is 0 Å². The molecule has 2 aromatic carbocycles. The summed E-state index contributed by atoms with van der Waals surface area (Å²) >= 11 is 2.90. The highest BCUT2D eigenvalue weighted by Gasteiger charge is 2.15. The lowest BCUT2D eigenvalue weighted by Gasteiger charge is -2.02. The highest BCUT2D eigenvalue weighted by molar-refractivity contribution is 7.99. The third kappa shape index (κ3) is 4.90. The monoisotopic (exact) mass is 421 g/mol. The number of rotatable bonds is 7. The summed E-state index contributed by atoms with van der Waals surface area (Å²) in [6.45, 7) is 1.86. The zero-order valence-corrected chi connectivity index (χ0v) is 17.4. The number of hydrogen-bond acceptors (Lipinski definition) is 6. The summed E-state index contributed by atoms with van der Waals surface area (Å²) in [5.74, 6) is 0.534. The van der Waals surface area contributed by atoms with Gasteiger partial charge in [0.2, 0.25) is 11.0 Å². The van der Waals surface area contributed by atoms with Crippen molar-refractivity contribution < 1.29 is 4.79 Å². The van der Waals surface area contributed by atoms with E-state index in [2.05, 4.69) is 44.8 Å². The van der Waals surface area contributed by atoms with Crippen molar-refractivity contribution in [2.75, 3.05) is 11.1 Å². The van der Waals surface area contributed by atoms with Crippen molar-refractivity contribution in [2.24, 2.45) is 0 Å². The molecule has 2 heterocycles. The van der Waals surface area contributed by atoms with Crippen LogP contribution in [-0.2, 0) is 4.79 Å². The number of aryl methyl sites for hydroxylation is 1. The van der Waals surface area contributed by atoms with Gasteiger partial charge in [-0.3, -0.25) is 4.79 Å². The van der Waals surface area contributed by atoms with Crippen LogP contribution < -0.4 is 5.32 Å². The number of benzene rings is 2. The van der Waals surface area contributed by atoms with Crippen LogP contribution in [0.4, 0.5) is 5.13 Å². The van der Waals surface area contributed by atoms with Gasteiger partial charge in [0.1, 0.15) is 5.01 Å². The molecule has 29 heavy (non-hydrogen) atoms. The highest BCUT2D eigenvalue weighted by Crippen LogP contribution is 2.32. The molecular weight excluding hydrogens is 402 g/mol. The van der Waals surface area contributed by atoms with Crippen LogP contribution in [0, 0.1) is 6.92 Å². The second-order valence-corrected chi connectivity index (χ2v) is 8.54. The van der Waals surface area contributed by atoms with Gasteiger partial charge < -0.3 is 10.3 Å². The van der Waals surface area contributed by atoms with Gasteiger partial charge in [-0.15, -0.1) is 10.2 Å². The molecule has 0 aliphatic heterocycles. The van der Waals surface area contributed by atoms with Crippen LogP contribution >= 0.6 is 23.1 Å². The number of amides is 1. The van der Waals surface area contributed by atoms with Crippen molar-refractivity contribution in [1.82, 2.24) is 20.2 Å². The smallest absolute Gasteiger partial charge is 0.227 e. The molecule has 2 aromatic heterocycles. The minimum absolute atomic E-state index is 0.0771. The summed E-state index contributed by atoms with van der Waals surface area (Å²) in [7, 11) is 0. The van der Waals surface area contributed by atoms with Crippen LogP contribution in [0.1, 0.15) is 11.4 Å². The number of aromatic nitrogens is 4. The van der Waals surface area contributed by atoms with Gasteiger partial charge in [0.15, 0.2) is 5.16 Å². The first-order valence-corrected chi connectivity index (χ1v) is 10.9. The van der Waals surface area contributed by atoms with Crippen LogP contribution in [0.5, 0.6) is 0 Å². The Morgan fingerprint density at radius 1 is 1.03 bits per heavy atom. The topological polar surface area (TPSA) is 83.6 Å². The van der Waals surface area contributed by atoms with E-state index in [1.807, 2.05) is 43.3 Å². The van der Waals surface area contributed by atoms with Gasteiger partial charge in [-0.25, -0.2) is 4.98 Å². The van der Waals surface area contributed by atoms with Gasteiger partial charge in [0.25, 0.3) is 0 Å². The van der Waals surface area contributed by atoms with Gasteiger partial charge in [0, 0.05) is 23.3 Å². The first-order chi connectivity index (χ1) is 14.2. The molecule has 8 heteroatoms. The molecule has 0 aliphatic rings. The first kappa shape index (κ1) is 19.4. The Kier molecular flexibility index (Phi) is 6.02. The fraction of sp³-hybridized carbons (Fsp3) is 0.143. The lowest BCUT2D eigenvalue weighted by molar-refractivity contribution is -0.115. The van der Waals surface area contributed by atoms with E-state index < -0.39 is 0 Å². The minimum Gasteiger partial charge on any atom is -0.332 e. The summed E-state index contributed by atoms with van der Waals surface area (Å²) < 4.78 is 0. The van der Waals surface area contributed by atoms with Crippen LogP contribution in [0.15, 0.2) is 65.8 Å². The van der Waals surface area contributed by atoms with E-state index >= 15 is 0 Å². The molecule has 0 aliphatic carbocycles. The maximum absolute atomic E-state index is 12.1. The molecule has 4 aromatic rings. The summed E-state index contributed by atoms with van der Waals surface area (Å²) in [4.78, 5) is 20.3. The van der Waals surface area contributed by atoms with E-state index in [0.29, 0.717) is 17.3 Å². The molecule has 0 radical (unpaired) electrons. The Morgan fingerprint density at radius 2 is 1.72 bits per heavy atom. The Morgan fingerprint density at radius 3 is 2.38 bits per heavy atom. The van der Waals surface area contributed by atoms with Crippen LogP contribution in [-0.4, -0.2) is 31.8 Å². The van der Waals surface area contributed by atoms with E-state index in [1.54, 1.807) is 0 Å². The zero-order valence-electron chi connectivity index (χ0n) is 15.8. The Bertz CT molecular complexity index is 1040. The van der Waals surface area contributed by atoms with Crippen molar-refractivity contribution >= 4 is 34.1 Å². The number of anilines is 1. The number of carbonyl (C=O) groups excluding carboxylic acids is 1. The maximum Gasteiger partial charge on any atom is 0.227 e. The number of H-pyrrole nitrogens is 1. The Hall–Kier alpha value is -2.97. The van der Waals surface area contributed by atoms with E-state index in [1.165, 1.54) is 23.1 Å². The predicted octanol–water partition coefficient (Wildman–Crippen LogP) is 5.02. The predicted molar refractivity (Wildman–Crippen MR) is 118 cm³/mol. The molecule has 0 spiro atoms. The molecule has 4 rings (SSSR count). The third-order valence-corrected chi connectivity index (χ3v) is 5.76. The zero-order chi connectivity index (χ0) is 20.1. The van der Waals surface area contributed by atoms with E-state index in [4.69, 9.17) is 4.98 Å². The Labute approximate surface area is 176 Å². The van der Waals surface area contributed by atoms with E-state index in [0.717, 1.165) is 32.7 Å². The normalized spacial score (nSPS) is 10.8. The van der Waals surface area contributed by atoms with E-state index in [9.17, 15) is 4.79 Å². The number of imidazole rings is 1. The SMILES string of the molecule is Cc1nnc(NC(=O)CCSc2nc(-c3ccccc3)c(-c3ccccc3)[nH]2)s1. The molecule has 146 valence electrons. The molecule has 0 bridgehead atoms. The van der Waals surface area contributed by atoms with Gasteiger partial charge in [-0.1, -0.05) is 83.8 Å². The summed E-state index contributed by atoms with van der Waals surface area (Å²) in [5.41, 5.74) is 4.02. The summed E-state index contributed by atoms with van der Waals surface area (Å²) in [6, 6.07) is 20.2. The number of nitrogens with zero attached hydrogens (tertiary/aromatic N) is 3. The van der Waals surface area contributed by atoms with Gasteiger partial charge in [0.05, 0.1) is 11.4 Å². The third-order valence-electron chi connectivity index (χ3n) is 4.13. The Balaban J connectivity index is 1.46. The van der Waals surface area contributed by atoms with Gasteiger partial charge >= 0.3 is 0 Å². The molecule has 0 unspecified atom stereocenters. The standard InChI is InChI=1S/C21H19N5OS2/c1-14-25-26-21(29-14)22-17(27)12-13-28-20-23-18(15-8-4-2-5-9-15)19(24-20)16-10-6-3-7-11-16/h2-11H,12-13H2,1H3,(H,23,24)(H,22,26,27). The molecule has 0 saturated carbocycles. The van der Waals surface area contributed by atoms with Crippen molar-refractivity contribution in [3.63, 3.8) is 0 Å². The lowest BCUT2D eigenvalue weighted by atomic mass is 10.1. The van der Waals surface area contributed by atoms with Crippen LogP contribution in [0.25, 0.3) is 22.5 Å². The number of aromatic amines is 1. The number of carbonyl (C=O) groups is 1. The van der Waals surface area contributed by atoms with Crippen LogP contribution in [0.2, 0.25) is 0 Å². The maximum atomic E-state index is 12.1. The first-order valence-electron chi connectivity index (χ1n) is 9.12. The van der Waals surface area contributed by atoms with Crippen molar-refractivity contribution in [2.45, 2.75) is 18.5 Å². The number of thioether (sulfide) groups is 1. The number of hydrogen-bond donors (Lipinski definition) is 2. The fourth-order valence-corrected chi connectivity index (χ4v) is 4.23. The average Bonchev–Trinajstić information content (AvgIpc) is 3.35. The minimum atomic E-state index is -0.0771. The second kappa shape index (κ2) is 9.02. The van der Waals surface area contributed by atoms with E-state index in [-0.39, 0.29) is 5.91 Å². The quantitative estimate of drug-likeness (QED) is 0.409. The molecule has 0 atom stereocenters. The van der Waals surface area contributed by atoms with Crippen molar-refractivity contribution in [3.05, 3.63) is 65.7 Å². The summed E-state index contributed by atoms with van der Waals surface area (Å²) in [5, 5.41) is 12.8. The van der Waals surface area contributed by atoms with Crippen LogP contribution in [0.3, 0.4) is 0 Å². The second-order valence-electron chi connectivity index (χ2n) is 6.27. The van der Waals surface area contributed by atoms with Crippen molar-refractivity contribution in [1.29, 1.82) is 0 Å². The largest absolute Gasteiger partial charge is 0.332 e. The summed E-state index contributed by atoms with van der Waals surface area (Å²) in [6.07, 6.45) is 0.366. The number of nitrogens with one attached hydrogen (secondary N) is 2. The molecule has 2 N–H and O–H groups in total. The highest BCUT2D eigenvalue weighted by atomic mass is 32.2. The molecule has 1 amide bonds. The molecule has 0 saturated heterocycles. The fourth-order valence-electron chi connectivity index (χ4n) is 2.81. The average molecular weight is 422 g/mol. The van der Waals surface area contributed by atoms with Gasteiger partial charge in [-0.05, 0) is 6.92 Å². The molecular formula is C21H19N5OS2. The molecule has 0 fully saturated rings. The lowest BCUT2D eigenvalue weighted by Crippen LogP contribution is -2.12. The molecule has 6 nitrogen and oxygen atoms in total. The van der Waals surface area contributed by atoms with Crippen molar-refractivity contribution in [3.8, 4) is 22.5 Å².